The van der Waals surface area contributed by atoms with Gasteiger partial charge in [0.25, 0.3) is 0 Å². The molecule has 0 fully saturated rings. The molecule has 6 heteroatoms. The van der Waals surface area contributed by atoms with Gasteiger partial charge < -0.3 is 21.9 Å². The van der Waals surface area contributed by atoms with Crippen molar-refractivity contribution in [3.63, 3.8) is 0 Å². The second-order valence-electron chi connectivity index (χ2n) is 3.74. The first-order valence-electron chi connectivity index (χ1n) is 4.79. The van der Waals surface area contributed by atoms with E-state index in [9.17, 15) is 5.11 Å². The second-order valence-corrected chi connectivity index (χ2v) is 3.74. The summed E-state index contributed by atoms with van der Waals surface area (Å²) < 4.78 is 0. The van der Waals surface area contributed by atoms with Gasteiger partial charge in [0.05, 0.1) is 5.60 Å². The first-order valence-corrected chi connectivity index (χ1v) is 4.79. The first kappa shape index (κ1) is 11.5. The fourth-order valence-electron chi connectivity index (χ4n) is 0.982. The molecule has 1 aromatic rings. The molecule has 0 amide bonds. The minimum Gasteiger partial charge on any atom is -0.388 e. The highest BCUT2D eigenvalue weighted by molar-refractivity contribution is 5.48. The molecule has 0 bridgehead atoms. The maximum Gasteiger partial charge on any atom is 0.223 e. The van der Waals surface area contributed by atoms with E-state index in [1.165, 1.54) is 0 Å². The normalized spacial score (nSPS) is 14.6. The molecule has 0 spiro atoms. The fraction of sp³-hybridized carbons (Fsp3) is 0.556. The predicted octanol–water partition coefficient (Wildman–Crippen LogP) is 0.214. The van der Waals surface area contributed by atoms with Gasteiger partial charge in [-0.3, -0.25) is 0 Å². The number of rotatable bonds is 4. The summed E-state index contributed by atoms with van der Waals surface area (Å²) in [6.45, 7) is 4.04. The SMILES string of the molecule is CCC(C)(O)CNc1cc(N)nc(N)n1. The van der Waals surface area contributed by atoms with E-state index in [1.54, 1.807) is 13.0 Å². The number of nitrogen functional groups attached to an aromatic ring is 2. The van der Waals surface area contributed by atoms with E-state index in [0.717, 1.165) is 0 Å². The molecule has 1 heterocycles. The Kier molecular flexibility index (Phi) is 3.31. The lowest BCUT2D eigenvalue weighted by Crippen LogP contribution is -2.32. The van der Waals surface area contributed by atoms with Crippen molar-refractivity contribution in [1.82, 2.24) is 9.97 Å². The molecule has 1 unspecified atom stereocenters. The van der Waals surface area contributed by atoms with E-state index < -0.39 is 5.60 Å². The zero-order valence-corrected chi connectivity index (χ0v) is 8.99. The minimum absolute atomic E-state index is 0.119. The van der Waals surface area contributed by atoms with Crippen LogP contribution in [0.1, 0.15) is 20.3 Å². The Hall–Kier alpha value is -1.56. The topological polar surface area (TPSA) is 110 Å². The molecule has 6 N–H and O–H groups in total. The molecule has 84 valence electrons. The highest BCUT2D eigenvalue weighted by atomic mass is 16.3. The van der Waals surface area contributed by atoms with Crippen molar-refractivity contribution >= 4 is 17.6 Å². The van der Waals surface area contributed by atoms with Crippen molar-refractivity contribution in [3.05, 3.63) is 6.07 Å². The Morgan fingerprint density at radius 3 is 2.67 bits per heavy atom. The Morgan fingerprint density at radius 2 is 2.13 bits per heavy atom. The monoisotopic (exact) mass is 211 g/mol. The molecule has 6 nitrogen and oxygen atoms in total. The van der Waals surface area contributed by atoms with Crippen LogP contribution in [0.3, 0.4) is 0 Å². The molecule has 0 saturated heterocycles. The van der Waals surface area contributed by atoms with E-state index in [0.29, 0.717) is 24.6 Å². The lowest BCUT2D eigenvalue weighted by Gasteiger charge is -2.21. The van der Waals surface area contributed by atoms with Crippen molar-refractivity contribution in [2.45, 2.75) is 25.9 Å². The fourth-order valence-corrected chi connectivity index (χ4v) is 0.982. The summed E-state index contributed by atoms with van der Waals surface area (Å²) >= 11 is 0. The quantitative estimate of drug-likeness (QED) is 0.567. The lowest BCUT2D eigenvalue weighted by molar-refractivity contribution is 0.0696. The number of nitrogens with one attached hydrogen (secondary N) is 1. The number of hydrogen-bond donors (Lipinski definition) is 4. The molecule has 0 aliphatic heterocycles. The summed E-state index contributed by atoms with van der Waals surface area (Å²) in [5.74, 6) is 0.948. The molecule has 1 atom stereocenters. The smallest absolute Gasteiger partial charge is 0.223 e. The van der Waals surface area contributed by atoms with Gasteiger partial charge in [-0.1, -0.05) is 6.92 Å². The highest BCUT2D eigenvalue weighted by Crippen LogP contribution is 2.13. The van der Waals surface area contributed by atoms with Gasteiger partial charge in [-0.2, -0.15) is 9.97 Å². The van der Waals surface area contributed by atoms with E-state index in [4.69, 9.17) is 11.5 Å². The molecule has 15 heavy (non-hydrogen) atoms. The summed E-state index contributed by atoms with van der Waals surface area (Å²) in [5.41, 5.74) is 10.2. The van der Waals surface area contributed by atoms with Gasteiger partial charge in [0.1, 0.15) is 11.6 Å². The maximum absolute atomic E-state index is 9.75. The zero-order chi connectivity index (χ0) is 11.5. The van der Waals surface area contributed by atoms with Gasteiger partial charge >= 0.3 is 0 Å². The molecular weight excluding hydrogens is 194 g/mol. The van der Waals surface area contributed by atoms with Crippen molar-refractivity contribution in [2.24, 2.45) is 0 Å². The third-order valence-electron chi connectivity index (χ3n) is 2.18. The van der Waals surface area contributed by atoms with Gasteiger partial charge in [-0.05, 0) is 13.3 Å². The Labute approximate surface area is 88.7 Å². The van der Waals surface area contributed by atoms with Gasteiger partial charge in [-0.15, -0.1) is 0 Å². The largest absolute Gasteiger partial charge is 0.388 e. The van der Waals surface area contributed by atoms with Gasteiger partial charge in [0, 0.05) is 12.6 Å². The average molecular weight is 211 g/mol. The third-order valence-corrected chi connectivity index (χ3v) is 2.18. The van der Waals surface area contributed by atoms with Gasteiger partial charge in [-0.25, -0.2) is 0 Å². The number of nitrogens with zero attached hydrogens (tertiary/aromatic N) is 2. The van der Waals surface area contributed by atoms with E-state index in [1.807, 2.05) is 6.92 Å². The van der Waals surface area contributed by atoms with Gasteiger partial charge in [0.2, 0.25) is 5.95 Å². The summed E-state index contributed by atoms with van der Waals surface area (Å²) in [5, 5.41) is 12.7. The third kappa shape index (κ3) is 3.59. The number of aromatic nitrogens is 2. The highest BCUT2D eigenvalue weighted by Gasteiger charge is 2.17. The Bertz CT molecular complexity index is 319. The Morgan fingerprint density at radius 1 is 1.47 bits per heavy atom. The van der Waals surface area contributed by atoms with Crippen LogP contribution in [-0.4, -0.2) is 27.2 Å². The maximum atomic E-state index is 9.75. The molecule has 0 aliphatic carbocycles. The summed E-state index contributed by atoms with van der Waals surface area (Å²) in [6.07, 6.45) is 0.649. The number of hydrogen-bond acceptors (Lipinski definition) is 6. The van der Waals surface area contributed by atoms with Crippen molar-refractivity contribution in [2.75, 3.05) is 23.3 Å². The van der Waals surface area contributed by atoms with Crippen LogP contribution in [0.5, 0.6) is 0 Å². The summed E-state index contributed by atoms with van der Waals surface area (Å²) in [4.78, 5) is 7.68. The molecule has 0 aromatic carbocycles. The number of nitrogens with two attached hydrogens (primary N) is 2. The van der Waals surface area contributed by atoms with Crippen LogP contribution in [0.15, 0.2) is 6.07 Å². The Balaban J connectivity index is 2.65. The molecule has 1 rings (SSSR count). The standard InChI is InChI=1S/C9H17N5O/c1-3-9(2,15)5-12-7-4-6(10)13-8(11)14-7/h4,15H,3,5H2,1-2H3,(H5,10,11,12,13,14). The molecule has 0 radical (unpaired) electrons. The zero-order valence-electron chi connectivity index (χ0n) is 8.99. The van der Waals surface area contributed by atoms with E-state index in [-0.39, 0.29) is 5.95 Å². The minimum atomic E-state index is -0.769. The average Bonchev–Trinajstić information content (AvgIpc) is 2.14. The molecule has 1 aromatic heterocycles. The molecular formula is C9H17N5O. The van der Waals surface area contributed by atoms with Crippen LogP contribution >= 0.6 is 0 Å². The van der Waals surface area contributed by atoms with Crippen molar-refractivity contribution in [1.29, 1.82) is 0 Å². The van der Waals surface area contributed by atoms with Crippen LogP contribution < -0.4 is 16.8 Å². The van der Waals surface area contributed by atoms with Crippen molar-refractivity contribution in [3.8, 4) is 0 Å². The van der Waals surface area contributed by atoms with Crippen LogP contribution in [0.25, 0.3) is 0 Å². The summed E-state index contributed by atoms with van der Waals surface area (Å²) in [7, 11) is 0. The second kappa shape index (κ2) is 4.31. The summed E-state index contributed by atoms with van der Waals surface area (Å²) in [6, 6.07) is 1.57. The van der Waals surface area contributed by atoms with Gasteiger partial charge in [0.15, 0.2) is 0 Å². The van der Waals surface area contributed by atoms with Crippen LogP contribution in [-0.2, 0) is 0 Å². The number of anilines is 3. The predicted molar refractivity (Wildman–Crippen MR) is 60.3 cm³/mol. The lowest BCUT2D eigenvalue weighted by atomic mass is 10.0. The van der Waals surface area contributed by atoms with Crippen LogP contribution in [0, 0.1) is 0 Å². The number of aliphatic hydroxyl groups is 1. The van der Waals surface area contributed by atoms with E-state index >= 15 is 0 Å². The first-order chi connectivity index (χ1) is 6.93. The molecule has 0 saturated carbocycles. The van der Waals surface area contributed by atoms with Crippen LogP contribution in [0.4, 0.5) is 17.6 Å². The van der Waals surface area contributed by atoms with Crippen LogP contribution in [0.2, 0.25) is 0 Å². The molecule has 0 aliphatic rings. The van der Waals surface area contributed by atoms with Crippen molar-refractivity contribution < 1.29 is 5.11 Å². The van der Waals surface area contributed by atoms with E-state index in [2.05, 4.69) is 15.3 Å².